The van der Waals surface area contributed by atoms with Crippen molar-refractivity contribution < 1.29 is 0 Å². The Morgan fingerprint density at radius 1 is 1.06 bits per heavy atom. The van der Waals surface area contributed by atoms with Crippen molar-refractivity contribution in [2.45, 2.75) is 13.8 Å². The lowest BCUT2D eigenvalue weighted by Crippen LogP contribution is -1.88. The summed E-state index contributed by atoms with van der Waals surface area (Å²) in [6.07, 6.45) is 0. The second-order valence-corrected chi connectivity index (χ2v) is 4.88. The number of nitrogens with zero attached hydrogens (tertiary/aromatic N) is 1. The van der Waals surface area contributed by atoms with Crippen LogP contribution in [-0.2, 0) is 0 Å². The molecule has 18 heavy (non-hydrogen) atoms. The zero-order chi connectivity index (χ0) is 12.7. The number of rotatable bonds is 1. The number of benzene rings is 2. The predicted molar refractivity (Wildman–Crippen MR) is 76.0 cm³/mol. The van der Waals surface area contributed by atoms with Gasteiger partial charge in [-0.05, 0) is 37.1 Å². The van der Waals surface area contributed by atoms with Gasteiger partial charge in [-0.1, -0.05) is 35.9 Å². The third-order valence-electron chi connectivity index (χ3n) is 3.32. The zero-order valence-corrected chi connectivity index (χ0v) is 11.0. The van der Waals surface area contributed by atoms with Crippen molar-refractivity contribution in [2.75, 3.05) is 0 Å². The van der Waals surface area contributed by atoms with Crippen molar-refractivity contribution >= 4 is 22.6 Å². The molecule has 0 radical (unpaired) electrons. The van der Waals surface area contributed by atoms with Crippen molar-refractivity contribution in [1.82, 2.24) is 9.97 Å². The van der Waals surface area contributed by atoms with Crippen molar-refractivity contribution in [3.05, 3.63) is 52.5 Å². The number of hydrogen-bond acceptors (Lipinski definition) is 1. The number of aromatic amines is 1. The molecule has 0 spiro atoms. The van der Waals surface area contributed by atoms with E-state index in [1.807, 2.05) is 24.3 Å². The van der Waals surface area contributed by atoms with Gasteiger partial charge in [0.25, 0.3) is 0 Å². The second-order valence-electron chi connectivity index (χ2n) is 4.47. The fraction of sp³-hybridized carbons (Fsp3) is 0.133. The average Bonchev–Trinajstić information content (AvgIpc) is 2.78. The third-order valence-corrected chi connectivity index (χ3v) is 3.63. The summed E-state index contributed by atoms with van der Waals surface area (Å²) in [6.45, 7) is 4.22. The third kappa shape index (κ3) is 1.70. The monoisotopic (exact) mass is 256 g/mol. The molecular weight excluding hydrogens is 244 g/mol. The molecule has 0 atom stereocenters. The first-order valence-corrected chi connectivity index (χ1v) is 6.25. The van der Waals surface area contributed by atoms with Gasteiger partial charge in [-0.3, -0.25) is 0 Å². The van der Waals surface area contributed by atoms with Crippen LogP contribution in [0.5, 0.6) is 0 Å². The lowest BCUT2D eigenvalue weighted by Gasteiger charge is -2.05. The highest BCUT2D eigenvalue weighted by Gasteiger charge is 2.10. The molecule has 3 heteroatoms. The van der Waals surface area contributed by atoms with Gasteiger partial charge in [0.05, 0.1) is 10.5 Å². The van der Waals surface area contributed by atoms with Crippen LogP contribution in [0.15, 0.2) is 36.4 Å². The minimum absolute atomic E-state index is 0.681. The molecule has 0 amide bonds. The van der Waals surface area contributed by atoms with E-state index in [-0.39, 0.29) is 0 Å². The van der Waals surface area contributed by atoms with Gasteiger partial charge in [0.1, 0.15) is 11.3 Å². The maximum absolute atomic E-state index is 6.15. The molecule has 1 aromatic heterocycles. The lowest BCUT2D eigenvalue weighted by atomic mass is 10.0. The summed E-state index contributed by atoms with van der Waals surface area (Å²) in [5, 5.41) is 0.681. The number of H-pyrrole nitrogens is 1. The van der Waals surface area contributed by atoms with E-state index < -0.39 is 0 Å². The van der Waals surface area contributed by atoms with E-state index in [4.69, 9.17) is 11.6 Å². The Kier molecular flexibility index (Phi) is 2.60. The van der Waals surface area contributed by atoms with Gasteiger partial charge in [-0.25, -0.2) is 4.98 Å². The highest BCUT2D eigenvalue weighted by atomic mass is 35.5. The van der Waals surface area contributed by atoms with Gasteiger partial charge in [0.15, 0.2) is 0 Å². The summed E-state index contributed by atoms with van der Waals surface area (Å²) in [4.78, 5) is 7.92. The number of hydrogen-bond donors (Lipinski definition) is 1. The van der Waals surface area contributed by atoms with Crippen LogP contribution in [0.4, 0.5) is 0 Å². The Hall–Kier alpha value is -1.80. The molecule has 2 nitrogen and oxygen atoms in total. The number of imidazole rings is 1. The van der Waals surface area contributed by atoms with Crippen LogP contribution >= 0.6 is 11.6 Å². The fourth-order valence-corrected chi connectivity index (χ4v) is 2.35. The Labute approximate surface area is 111 Å². The number of halogens is 1. The standard InChI is InChI=1S/C15H13ClN2/c1-9-5-3-6-11(10(9)2)15-17-13-8-4-7-12(16)14(13)18-15/h3-8H,1-2H3,(H,17,18). The van der Waals surface area contributed by atoms with E-state index in [1.165, 1.54) is 11.1 Å². The first-order chi connectivity index (χ1) is 8.66. The van der Waals surface area contributed by atoms with Crippen molar-refractivity contribution in [3.63, 3.8) is 0 Å². The van der Waals surface area contributed by atoms with Crippen molar-refractivity contribution in [2.24, 2.45) is 0 Å². The molecule has 0 saturated carbocycles. The number of aryl methyl sites for hydroxylation is 1. The first kappa shape index (κ1) is 11.3. The van der Waals surface area contributed by atoms with E-state index in [0.717, 1.165) is 22.4 Å². The van der Waals surface area contributed by atoms with E-state index >= 15 is 0 Å². The minimum Gasteiger partial charge on any atom is -0.338 e. The molecule has 2 aromatic carbocycles. The first-order valence-electron chi connectivity index (χ1n) is 5.87. The highest BCUT2D eigenvalue weighted by Crippen LogP contribution is 2.28. The Morgan fingerprint density at radius 2 is 1.83 bits per heavy atom. The Balaban J connectivity index is 2.26. The molecular formula is C15H13ClN2. The average molecular weight is 257 g/mol. The lowest BCUT2D eigenvalue weighted by molar-refractivity contribution is 1.27. The number of para-hydroxylation sites is 1. The molecule has 0 aliphatic carbocycles. The van der Waals surface area contributed by atoms with Crippen LogP contribution < -0.4 is 0 Å². The summed E-state index contributed by atoms with van der Waals surface area (Å²) < 4.78 is 0. The predicted octanol–water partition coefficient (Wildman–Crippen LogP) is 4.50. The van der Waals surface area contributed by atoms with Gasteiger partial charge in [-0.2, -0.15) is 0 Å². The van der Waals surface area contributed by atoms with Gasteiger partial charge in [0, 0.05) is 5.56 Å². The van der Waals surface area contributed by atoms with Gasteiger partial charge < -0.3 is 4.98 Å². The fourth-order valence-electron chi connectivity index (χ4n) is 2.13. The molecule has 0 aliphatic rings. The number of nitrogens with one attached hydrogen (secondary N) is 1. The summed E-state index contributed by atoms with van der Waals surface area (Å²) in [5.41, 5.74) is 5.43. The van der Waals surface area contributed by atoms with Crippen LogP contribution in [0.2, 0.25) is 5.02 Å². The molecule has 1 heterocycles. The Bertz CT molecular complexity index is 728. The molecule has 3 aromatic rings. The normalized spacial score (nSPS) is 11.1. The quantitative estimate of drug-likeness (QED) is 0.682. The van der Waals surface area contributed by atoms with Crippen LogP contribution in [0.3, 0.4) is 0 Å². The molecule has 1 N–H and O–H groups in total. The van der Waals surface area contributed by atoms with Crippen molar-refractivity contribution in [3.8, 4) is 11.4 Å². The summed E-state index contributed by atoms with van der Waals surface area (Å²) in [6, 6.07) is 12.0. The van der Waals surface area contributed by atoms with Gasteiger partial charge in [0.2, 0.25) is 0 Å². The molecule has 0 fully saturated rings. The van der Waals surface area contributed by atoms with Crippen molar-refractivity contribution in [1.29, 1.82) is 0 Å². The van der Waals surface area contributed by atoms with Crippen LogP contribution in [-0.4, -0.2) is 9.97 Å². The largest absolute Gasteiger partial charge is 0.338 e. The maximum atomic E-state index is 6.15. The highest BCUT2D eigenvalue weighted by molar-refractivity contribution is 6.35. The molecule has 0 saturated heterocycles. The summed E-state index contributed by atoms with van der Waals surface area (Å²) in [5.74, 6) is 0.874. The van der Waals surface area contributed by atoms with Crippen LogP contribution in [0.1, 0.15) is 11.1 Å². The molecule has 0 aliphatic heterocycles. The topological polar surface area (TPSA) is 28.7 Å². The van der Waals surface area contributed by atoms with Gasteiger partial charge >= 0.3 is 0 Å². The maximum Gasteiger partial charge on any atom is 0.138 e. The molecule has 3 rings (SSSR count). The van der Waals surface area contributed by atoms with E-state index in [0.29, 0.717) is 5.02 Å². The molecule has 0 bridgehead atoms. The van der Waals surface area contributed by atoms with Gasteiger partial charge in [-0.15, -0.1) is 0 Å². The Morgan fingerprint density at radius 3 is 2.61 bits per heavy atom. The zero-order valence-electron chi connectivity index (χ0n) is 10.3. The number of aromatic nitrogens is 2. The minimum atomic E-state index is 0.681. The van der Waals surface area contributed by atoms with Crippen LogP contribution in [0.25, 0.3) is 22.4 Å². The van der Waals surface area contributed by atoms with E-state index in [9.17, 15) is 0 Å². The summed E-state index contributed by atoms with van der Waals surface area (Å²) in [7, 11) is 0. The van der Waals surface area contributed by atoms with E-state index in [2.05, 4.69) is 35.9 Å². The number of fused-ring (bicyclic) bond motifs is 1. The molecule has 0 unspecified atom stereocenters. The smallest absolute Gasteiger partial charge is 0.138 e. The molecule has 90 valence electrons. The summed E-state index contributed by atoms with van der Waals surface area (Å²) >= 11 is 6.15. The van der Waals surface area contributed by atoms with Crippen LogP contribution in [0, 0.1) is 13.8 Å². The van der Waals surface area contributed by atoms with E-state index in [1.54, 1.807) is 0 Å². The second kappa shape index (κ2) is 4.14. The SMILES string of the molecule is Cc1cccc(-c2nc3c(Cl)cccc3[nH]2)c1C.